The van der Waals surface area contributed by atoms with Crippen LogP contribution in [0, 0.1) is 10.1 Å². The first-order valence-electron chi connectivity index (χ1n) is 9.61. The van der Waals surface area contributed by atoms with Gasteiger partial charge in [0.25, 0.3) is 5.69 Å². The van der Waals surface area contributed by atoms with Crippen molar-refractivity contribution >= 4 is 17.4 Å². The van der Waals surface area contributed by atoms with Gasteiger partial charge in [-0.15, -0.1) is 0 Å². The van der Waals surface area contributed by atoms with Crippen LogP contribution in [0.4, 0.5) is 16.2 Å². The zero-order valence-electron chi connectivity index (χ0n) is 16.1. The van der Waals surface area contributed by atoms with Gasteiger partial charge in [0.2, 0.25) is 0 Å². The van der Waals surface area contributed by atoms with Crippen molar-refractivity contribution in [2.24, 2.45) is 0 Å². The summed E-state index contributed by atoms with van der Waals surface area (Å²) in [6, 6.07) is 16.9. The van der Waals surface area contributed by atoms with Crippen LogP contribution < -0.4 is 10.2 Å². The molecule has 0 aliphatic carbocycles. The maximum absolute atomic E-state index is 12.5. The number of rotatable bonds is 6. The Labute approximate surface area is 165 Å². The predicted octanol–water partition coefficient (Wildman–Crippen LogP) is 3.45. The third-order valence-corrected chi connectivity index (χ3v) is 5.07. The Kier molecular flexibility index (Phi) is 6.47. The van der Waals surface area contributed by atoms with Crippen molar-refractivity contribution in [3.8, 4) is 0 Å². The molecule has 2 aromatic rings. The smallest absolute Gasteiger partial charge is 0.317 e. The number of aryl methyl sites for hydroxylation is 1. The second-order valence-corrected chi connectivity index (χ2v) is 7.12. The average Bonchev–Trinajstić information content (AvgIpc) is 2.73. The molecule has 2 aromatic carbocycles. The lowest BCUT2D eigenvalue weighted by Gasteiger charge is -2.36. The lowest BCUT2D eigenvalue weighted by molar-refractivity contribution is -0.384. The molecule has 0 aromatic heterocycles. The molecular weight excluding hydrogens is 356 g/mol. The Morgan fingerprint density at radius 1 is 1.07 bits per heavy atom. The summed E-state index contributed by atoms with van der Waals surface area (Å²) in [4.78, 5) is 26.8. The van der Waals surface area contributed by atoms with Crippen LogP contribution in [0.3, 0.4) is 0 Å². The van der Waals surface area contributed by atoms with Crippen LogP contribution >= 0.6 is 0 Å². The van der Waals surface area contributed by atoms with E-state index < -0.39 is 4.92 Å². The third-order valence-electron chi connectivity index (χ3n) is 5.07. The minimum atomic E-state index is -0.398. The molecule has 1 N–H and O–H groups in total. The molecule has 0 spiro atoms. The number of piperazine rings is 1. The van der Waals surface area contributed by atoms with Crippen LogP contribution in [0.15, 0.2) is 54.6 Å². The van der Waals surface area contributed by atoms with Gasteiger partial charge in [0.15, 0.2) is 0 Å². The fourth-order valence-electron chi connectivity index (χ4n) is 3.35. The summed E-state index contributed by atoms with van der Waals surface area (Å²) >= 11 is 0. The van der Waals surface area contributed by atoms with Gasteiger partial charge >= 0.3 is 6.03 Å². The Morgan fingerprint density at radius 2 is 1.71 bits per heavy atom. The normalized spacial score (nSPS) is 15.2. The molecule has 28 heavy (non-hydrogen) atoms. The van der Waals surface area contributed by atoms with Crippen LogP contribution in [-0.2, 0) is 6.42 Å². The number of hydrogen-bond acceptors (Lipinski definition) is 4. The van der Waals surface area contributed by atoms with E-state index in [2.05, 4.69) is 22.3 Å². The van der Waals surface area contributed by atoms with E-state index in [-0.39, 0.29) is 17.8 Å². The zero-order valence-corrected chi connectivity index (χ0v) is 16.1. The van der Waals surface area contributed by atoms with Crippen LogP contribution in [-0.4, -0.2) is 48.1 Å². The van der Waals surface area contributed by atoms with Crippen molar-refractivity contribution < 1.29 is 9.72 Å². The standard InChI is InChI=1S/C21H26N4O3/c1-17(7-8-18-5-3-2-4-6-18)22-21(26)24-15-13-23(14-16-24)19-9-11-20(12-10-19)25(27)28/h2-6,9-12,17H,7-8,13-16H2,1H3,(H,22,26)/t17-/m1/s1. The number of nitro groups is 1. The molecule has 0 saturated carbocycles. The van der Waals surface area contributed by atoms with Crippen LogP contribution in [0.5, 0.6) is 0 Å². The van der Waals surface area contributed by atoms with Gasteiger partial charge in [0, 0.05) is 50.0 Å². The van der Waals surface area contributed by atoms with Gasteiger partial charge in [0.05, 0.1) is 4.92 Å². The van der Waals surface area contributed by atoms with Crippen molar-refractivity contribution in [1.29, 1.82) is 0 Å². The number of urea groups is 1. The number of benzene rings is 2. The summed E-state index contributed by atoms with van der Waals surface area (Å²) in [5.74, 6) is 0. The Bertz CT molecular complexity index is 787. The molecule has 0 unspecified atom stereocenters. The van der Waals surface area contributed by atoms with E-state index in [4.69, 9.17) is 0 Å². The summed E-state index contributed by atoms with van der Waals surface area (Å²) in [5, 5.41) is 13.9. The first kappa shape index (κ1) is 19.7. The number of carbonyl (C=O) groups excluding carboxylic acids is 1. The molecule has 1 aliphatic rings. The van der Waals surface area contributed by atoms with Gasteiger partial charge in [-0.25, -0.2) is 4.79 Å². The first-order valence-corrected chi connectivity index (χ1v) is 9.61. The minimum Gasteiger partial charge on any atom is -0.368 e. The average molecular weight is 382 g/mol. The Balaban J connectivity index is 1.43. The second-order valence-electron chi connectivity index (χ2n) is 7.12. The fourth-order valence-corrected chi connectivity index (χ4v) is 3.35. The molecule has 1 aliphatic heterocycles. The van der Waals surface area contributed by atoms with Gasteiger partial charge in [-0.1, -0.05) is 30.3 Å². The number of nitro benzene ring substituents is 1. The lowest BCUT2D eigenvalue weighted by atomic mass is 10.1. The number of nitrogens with zero attached hydrogens (tertiary/aromatic N) is 3. The molecule has 1 fully saturated rings. The van der Waals surface area contributed by atoms with Gasteiger partial charge in [-0.2, -0.15) is 0 Å². The molecule has 7 nitrogen and oxygen atoms in total. The Morgan fingerprint density at radius 3 is 2.32 bits per heavy atom. The SMILES string of the molecule is C[C@H](CCc1ccccc1)NC(=O)N1CCN(c2ccc([N+](=O)[O-])cc2)CC1. The number of hydrogen-bond donors (Lipinski definition) is 1. The van der Waals surface area contributed by atoms with Gasteiger partial charge < -0.3 is 15.1 Å². The molecule has 2 amide bonds. The van der Waals surface area contributed by atoms with Crippen molar-refractivity contribution in [2.75, 3.05) is 31.1 Å². The monoisotopic (exact) mass is 382 g/mol. The van der Waals surface area contributed by atoms with Crippen molar-refractivity contribution in [3.05, 3.63) is 70.3 Å². The molecule has 148 valence electrons. The van der Waals surface area contributed by atoms with Crippen LogP contribution in [0.1, 0.15) is 18.9 Å². The van der Waals surface area contributed by atoms with Gasteiger partial charge in [-0.05, 0) is 37.5 Å². The number of anilines is 1. The number of amides is 2. The maximum atomic E-state index is 12.5. The van der Waals surface area contributed by atoms with E-state index in [0.717, 1.165) is 18.5 Å². The molecule has 0 radical (unpaired) electrons. The summed E-state index contributed by atoms with van der Waals surface area (Å²) in [7, 11) is 0. The van der Waals surface area contributed by atoms with Gasteiger partial charge in [0.1, 0.15) is 0 Å². The topological polar surface area (TPSA) is 78.7 Å². The van der Waals surface area contributed by atoms with Gasteiger partial charge in [-0.3, -0.25) is 10.1 Å². The van der Waals surface area contributed by atoms with Crippen molar-refractivity contribution in [2.45, 2.75) is 25.8 Å². The molecule has 1 saturated heterocycles. The maximum Gasteiger partial charge on any atom is 0.317 e. The van der Waals surface area contributed by atoms with Crippen molar-refractivity contribution in [1.82, 2.24) is 10.2 Å². The second kappa shape index (κ2) is 9.21. The number of non-ortho nitro benzene ring substituents is 1. The highest BCUT2D eigenvalue weighted by Gasteiger charge is 2.22. The highest BCUT2D eigenvalue weighted by molar-refractivity contribution is 5.75. The summed E-state index contributed by atoms with van der Waals surface area (Å²) in [6.07, 6.45) is 1.84. The van der Waals surface area contributed by atoms with E-state index in [0.29, 0.717) is 26.2 Å². The molecule has 3 rings (SSSR count). The van der Waals surface area contributed by atoms with Crippen LogP contribution in [0.25, 0.3) is 0 Å². The highest BCUT2D eigenvalue weighted by atomic mass is 16.6. The molecule has 7 heteroatoms. The lowest BCUT2D eigenvalue weighted by Crippen LogP contribution is -2.53. The fraction of sp³-hybridized carbons (Fsp3) is 0.381. The molecule has 0 bridgehead atoms. The third kappa shape index (κ3) is 5.22. The quantitative estimate of drug-likeness (QED) is 0.613. The number of carbonyl (C=O) groups is 1. The summed E-state index contributed by atoms with van der Waals surface area (Å²) in [6.45, 7) is 4.73. The predicted molar refractivity (Wildman–Crippen MR) is 110 cm³/mol. The molecule has 1 heterocycles. The largest absolute Gasteiger partial charge is 0.368 e. The first-order chi connectivity index (χ1) is 13.5. The summed E-state index contributed by atoms with van der Waals surface area (Å²) < 4.78 is 0. The Hall–Kier alpha value is -3.09. The van der Waals surface area contributed by atoms with E-state index in [1.807, 2.05) is 30.0 Å². The number of nitrogens with one attached hydrogen (secondary N) is 1. The highest BCUT2D eigenvalue weighted by Crippen LogP contribution is 2.20. The van der Waals surface area contributed by atoms with E-state index in [1.165, 1.54) is 17.7 Å². The zero-order chi connectivity index (χ0) is 19.9. The minimum absolute atomic E-state index is 0.0242. The molecular formula is C21H26N4O3. The molecule has 1 atom stereocenters. The van der Waals surface area contributed by atoms with Crippen molar-refractivity contribution in [3.63, 3.8) is 0 Å². The van der Waals surface area contributed by atoms with Crippen LogP contribution in [0.2, 0.25) is 0 Å². The summed E-state index contributed by atoms with van der Waals surface area (Å²) in [5.41, 5.74) is 2.31. The van der Waals surface area contributed by atoms with E-state index in [9.17, 15) is 14.9 Å². The van der Waals surface area contributed by atoms with E-state index in [1.54, 1.807) is 12.1 Å². The van der Waals surface area contributed by atoms with E-state index >= 15 is 0 Å².